The maximum absolute atomic E-state index is 13.3. The Morgan fingerprint density at radius 3 is 2.69 bits per heavy atom. The van der Waals surface area contributed by atoms with Gasteiger partial charge in [0, 0.05) is 44.0 Å². The highest BCUT2D eigenvalue weighted by atomic mass is 32.2. The SMILES string of the molecule is O=[N+]([O-])c1ccccc1S(=O)(=O)N1CCCSCC1CN1CCOCC1. The van der Waals surface area contributed by atoms with Crippen LogP contribution in [0.1, 0.15) is 6.42 Å². The number of hydrogen-bond acceptors (Lipinski definition) is 7. The summed E-state index contributed by atoms with van der Waals surface area (Å²) in [7, 11) is -3.94. The van der Waals surface area contributed by atoms with Gasteiger partial charge in [0.2, 0.25) is 10.0 Å². The number of para-hydroxylation sites is 1. The van der Waals surface area contributed by atoms with Crippen LogP contribution in [0, 0.1) is 10.1 Å². The Labute approximate surface area is 157 Å². The van der Waals surface area contributed by atoms with Crippen LogP contribution in [-0.4, -0.2) is 79.5 Å². The van der Waals surface area contributed by atoms with Crippen LogP contribution < -0.4 is 0 Å². The minimum Gasteiger partial charge on any atom is -0.379 e. The number of hydrogen-bond donors (Lipinski definition) is 0. The van der Waals surface area contributed by atoms with E-state index in [-0.39, 0.29) is 16.6 Å². The molecule has 26 heavy (non-hydrogen) atoms. The van der Waals surface area contributed by atoms with Gasteiger partial charge in [-0.15, -0.1) is 0 Å². The third-order valence-electron chi connectivity index (χ3n) is 4.61. The lowest BCUT2D eigenvalue weighted by Gasteiger charge is -2.34. The van der Waals surface area contributed by atoms with Crippen molar-refractivity contribution in [1.29, 1.82) is 0 Å². The third kappa shape index (κ3) is 4.37. The summed E-state index contributed by atoms with van der Waals surface area (Å²) in [6.07, 6.45) is 0.740. The third-order valence-corrected chi connectivity index (χ3v) is 7.80. The van der Waals surface area contributed by atoms with Crippen LogP contribution >= 0.6 is 11.8 Å². The van der Waals surface area contributed by atoms with Gasteiger partial charge in [-0.25, -0.2) is 8.42 Å². The summed E-state index contributed by atoms with van der Waals surface area (Å²) in [4.78, 5) is 12.7. The first-order chi connectivity index (χ1) is 12.5. The average molecular weight is 402 g/mol. The highest BCUT2D eigenvalue weighted by Gasteiger charge is 2.37. The summed E-state index contributed by atoms with van der Waals surface area (Å²) in [5.74, 6) is 1.58. The van der Waals surface area contributed by atoms with Gasteiger partial charge in [-0.3, -0.25) is 15.0 Å². The molecule has 2 aliphatic rings. The number of ether oxygens (including phenoxy) is 1. The zero-order valence-corrected chi connectivity index (χ0v) is 16.1. The van der Waals surface area contributed by atoms with Crippen molar-refractivity contribution in [2.24, 2.45) is 0 Å². The number of morpholine rings is 1. The van der Waals surface area contributed by atoms with Gasteiger partial charge in [-0.2, -0.15) is 16.1 Å². The standard InChI is InChI=1S/C16H23N3O5S2/c20-19(21)15-4-1-2-5-16(15)26(22,23)18-6-3-11-25-13-14(18)12-17-7-9-24-10-8-17/h1-2,4-5,14H,3,6-13H2. The number of rotatable bonds is 5. The van der Waals surface area contributed by atoms with Crippen LogP contribution in [0.15, 0.2) is 29.2 Å². The quantitative estimate of drug-likeness (QED) is 0.544. The predicted molar refractivity (Wildman–Crippen MR) is 100.0 cm³/mol. The Morgan fingerprint density at radius 2 is 1.96 bits per heavy atom. The van der Waals surface area contributed by atoms with Gasteiger partial charge in [0.1, 0.15) is 0 Å². The van der Waals surface area contributed by atoms with Gasteiger partial charge in [-0.05, 0) is 18.2 Å². The van der Waals surface area contributed by atoms with Crippen LogP contribution in [0.25, 0.3) is 0 Å². The number of benzene rings is 1. The fourth-order valence-electron chi connectivity index (χ4n) is 3.30. The minimum atomic E-state index is -3.94. The molecule has 0 N–H and O–H groups in total. The van der Waals surface area contributed by atoms with E-state index < -0.39 is 14.9 Å². The van der Waals surface area contributed by atoms with Crippen molar-refractivity contribution in [3.63, 3.8) is 0 Å². The van der Waals surface area contributed by atoms with Crippen molar-refractivity contribution in [2.45, 2.75) is 17.4 Å². The zero-order chi connectivity index (χ0) is 18.6. The van der Waals surface area contributed by atoms with Crippen LogP contribution in [0.4, 0.5) is 5.69 Å². The second-order valence-corrected chi connectivity index (χ2v) is 9.34. The molecular weight excluding hydrogens is 378 g/mol. The van der Waals surface area contributed by atoms with Gasteiger partial charge in [0.15, 0.2) is 4.90 Å². The summed E-state index contributed by atoms with van der Waals surface area (Å²) < 4.78 is 33.4. The van der Waals surface area contributed by atoms with E-state index in [1.807, 2.05) is 0 Å². The van der Waals surface area contributed by atoms with E-state index in [2.05, 4.69) is 4.90 Å². The summed E-state index contributed by atoms with van der Waals surface area (Å²) in [6, 6.07) is 5.39. The number of nitro groups is 1. The monoisotopic (exact) mass is 401 g/mol. The van der Waals surface area contributed by atoms with E-state index in [0.29, 0.717) is 32.1 Å². The van der Waals surface area contributed by atoms with Crippen molar-refractivity contribution >= 4 is 27.5 Å². The fourth-order valence-corrected chi connectivity index (χ4v) is 6.27. The Bertz CT molecular complexity index is 737. The summed E-state index contributed by atoms with van der Waals surface area (Å²) in [5, 5.41) is 11.3. The Morgan fingerprint density at radius 1 is 1.23 bits per heavy atom. The first-order valence-electron chi connectivity index (χ1n) is 8.63. The molecule has 3 rings (SSSR count). The molecular formula is C16H23N3O5S2. The van der Waals surface area contributed by atoms with Crippen LogP contribution in [0.5, 0.6) is 0 Å². The molecule has 8 nitrogen and oxygen atoms in total. The summed E-state index contributed by atoms with van der Waals surface area (Å²) >= 11 is 1.74. The maximum atomic E-state index is 13.3. The molecule has 0 amide bonds. The number of thioether (sulfide) groups is 1. The molecule has 144 valence electrons. The lowest BCUT2D eigenvalue weighted by Crippen LogP contribution is -2.50. The highest BCUT2D eigenvalue weighted by Crippen LogP contribution is 2.30. The molecule has 1 atom stereocenters. The lowest BCUT2D eigenvalue weighted by molar-refractivity contribution is -0.387. The zero-order valence-electron chi connectivity index (χ0n) is 14.5. The van der Waals surface area contributed by atoms with Crippen LogP contribution in [0.3, 0.4) is 0 Å². The van der Waals surface area contributed by atoms with Crippen molar-refractivity contribution in [2.75, 3.05) is 50.9 Å². The number of nitrogens with zero attached hydrogens (tertiary/aromatic N) is 3. The minimum absolute atomic E-state index is 0.203. The lowest BCUT2D eigenvalue weighted by atomic mass is 10.2. The van der Waals surface area contributed by atoms with Gasteiger partial charge in [-0.1, -0.05) is 12.1 Å². The maximum Gasteiger partial charge on any atom is 0.289 e. The second-order valence-electron chi connectivity index (χ2n) is 6.34. The molecule has 0 aliphatic carbocycles. The van der Waals surface area contributed by atoms with Crippen molar-refractivity contribution in [3.8, 4) is 0 Å². The van der Waals surface area contributed by atoms with Crippen molar-refractivity contribution in [3.05, 3.63) is 34.4 Å². The van der Waals surface area contributed by atoms with E-state index in [0.717, 1.165) is 25.3 Å². The van der Waals surface area contributed by atoms with E-state index in [4.69, 9.17) is 4.74 Å². The second kappa shape index (κ2) is 8.66. The van der Waals surface area contributed by atoms with Crippen molar-refractivity contribution in [1.82, 2.24) is 9.21 Å². The van der Waals surface area contributed by atoms with Crippen LogP contribution in [-0.2, 0) is 14.8 Å². The normalized spacial score (nSPS) is 23.5. The molecule has 2 heterocycles. The van der Waals surface area contributed by atoms with E-state index in [1.54, 1.807) is 11.8 Å². The number of nitro benzene ring substituents is 1. The molecule has 2 fully saturated rings. The van der Waals surface area contributed by atoms with Crippen LogP contribution in [0.2, 0.25) is 0 Å². The highest BCUT2D eigenvalue weighted by molar-refractivity contribution is 7.99. The molecule has 0 saturated carbocycles. The van der Waals surface area contributed by atoms with Gasteiger partial charge in [0.05, 0.1) is 18.1 Å². The summed E-state index contributed by atoms with van der Waals surface area (Å²) in [5.41, 5.74) is -0.366. The Balaban J connectivity index is 1.90. The first-order valence-corrected chi connectivity index (χ1v) is 11.2. The van der Waals surface area contributed by atoms with Crippen molar-refractivity contribution < 1.29 is 18.1 Å². The topological polar surface area (TPSA) is 93.0 Å². The largest absolute Gasteiger partial charge is 0.379 e. The fraction of sp³-hybridized carbons (Fsp3) is 0.625. The molecule has 0 spiro atoms. The summed E-state index contributed by atoms with van der Waals surface area (Å²) in [6.45, 7) is 3.86. The molecule has 10 heteroatoms. The van der Waals surface area contributed by atoms with Gasteiger partial charge in [0.25, 0.3) is 5.69 Å². The smallest absolute Gasteiger partial charge is 0.289 e. The molecule has 1 aromatic carbocycles. The first kappa shape index (κ1) is 19.6. The number of sulfonamides is 1. The molecule has 1 aromatic rings. The Hall–Kier alpha value is -1.20. The molecule has 0 bridgehead atoms. The molecule has 0 aromatic heterocycles. The van der Waals surface area contributed by atoms with E-state index >= 15 is 0 Å². The van der Waals surface area contributed by atoms with Gasteiger partial charge >= 0.3 is 0 Å². The van der Waals surface area contributed by atoms with Gasteiger partial charge < -0.3 is 4.74 Å². The van der Waals surface area contributed by atoms with E-state index in [9.17, 15) is 18.5 Å². The molecule has 2 saturated heterocycles. The molecule has 2 aliphatic heterocycles. The predicted octanol–water partition coefficient (Wildman–Crippen LogP) is 1.42. The Kier molecular flexibility index (Phi) is 6.51. The molecule has 1 unspecified atom stereocenters. The van der Waals surface area contributed by atoms with E-state index in [1.165, 1.54) is 28.6 Å². The average Bonchev–Trinajstić information content (AvgIpc) is 2.88. The molecule has 0 radical (unpaired) electrons.